The number of anilines is 2. The maximum atomic E-state index is 8.73. The summed E-state index contributed by atoms with van der Waals surface area (Å²) in [7, 11) is 0. The van der Waals surface area contributed by atoms with Gasteiger partial charge in [0.05, 0.1) is 21.8 Å². The van der Waals surface area contributed by atoms with Gasteiger partial charge in [-0.05, 0) is 53.8 Å². The Morgan fingerprint density at radius 1 is 1.37 bits per heavy atom. The number of aromatic nitrogens is 2. The Balaban J connectivity index is 2.18. The van der Waals surface area contributed by atoms with Crippen LogP contribution in [0.1, 0.15) is 12.5 Å². The Hall–Kier alpha value is -1.88. The predicted molar refractivity (Wildman–Crippen MR) is 80.4 cm³/mol. The molecule has 0 aliphatic heterocycles. The van der Waals surface area contributed by atoms with Crippen LogP contribution >= 0.6 is 22.6 Å². The number of ether oxygens (including phenoxy) is 1. The molecule has 0 amide bonds. The first-order valence-electron chi connectivity index (χ1n) is 5.65. The van der Waals surface area contributed by atoms with E-state index in [9.17, 15) is 0 Å². The number of nitrogens with zero attached hydrogens (tertiary/aromatic N) is 3. The van der Waals surface area contributed by atoms with Crippen molar-refractivity contribution in [3.63, 3.8) is 0 Å². The summed E-state index contributed by atoms with van der Waals surface area (Å²) in [6.45, 7) is 2.47. The smallest absolute Gasteiger partial charge is 0.231 e. The van der Waals surface area contributed by atoms with Crippen LogP contribution in [-0.4, -0.2) is 16.6 Å². The Kier molecular flexibility index (Phi) is 4.52. The molecular weight excluding hydrogens is 355 g/mol. The molecule has 2 aromatic rings. The quantitative estimate of drug-likeness (QED) is 0.843. The highest BCUT2D eigenvalue weighted by Gasteiger charge is 2.06. The molecule has 0 saturated heterocycles. The van der Waals surface area contributed by atoms with Gasteiger partial charge in [-0.1, -0.05) is 0 Å². The number of nitriles is 1. The van der Waals surface area contributed by atoms with Gasteiger partial charge in [0.2, 0.25) is 11.8 Å². The maximum Gasteiger partial charge on any atom is 0.231 e. The van der Waals surface area contributed by atoms with Gasteiger partial charge in [0.15, 0.2) is 0 Å². The third kappa shape index (κ3) is 3.54. The van der Waals surface area contributed by atoms with Crippen molar-refractivity contribution in [1.82, 2.24) is 9.97 Å². The van der Waals surface area contributed by atoms with Crippen molar-refractivity contribution in [2.45, 2.75) is 6.92 Å². The zero-order valence-electron chi connectivity index (χ0n) is 10.2. The van der Waals surface area contributed by atoms with Crippen molar-refractivity contribution in [1.29, 1.82) is 5.26 Å². The monoisotopic (exact) mass is 366 g/mol. The minimum absolute atomic E-state index is 0.466. The molecule has 0 aliphatic rings. The van der Waals surface area contributed by atoms with Gasteiger partial charge >= 0.3 is 0 Å². The van der Waals surface area contributed by atoms with Crippen molar-refractivity contribution in [2.24, 2.45) is 0 Å². The molecule has 1 aromatic carbocycles. The van der Waals surface area contributed by atoms with E-state index in [4.69, 9.17) is 10.00 Å². The van der Waals surface area contributed by atoms with Gasteiger partial charge < -0.3 is 10.1 Å². The lowest BCUT2D eigenvalue weighted by Gasteiger charge is -2.08. The Labute approximate surface area is 124 Å². The fourth-order valence-electron chi connectivity index (χ4n) is 1.41. The maximum absolute atomic E-state index is 8.73. The van der Waals surface area contributed by atoms with Gasteiger partial charge in [-0.3, -0.25) is 0 Å². The summed E-state index contributed by atoms with van der Waals surface area (Å²) < 4.78 is 6.28. The van der Waals surface area contributed by atoms with E-state index in [1.807, 2.05) is 6.92 Å². The minimum atomic E-state index is 0.466. The molecule has 0 unspecified atom stereocenters. The minimum Gasteiger partial charge on any atom is -0.477 e. The largest absolute Gasteiger partial charge is 0.477 e. The molecule has 0 atom stereocenters. The van der Waals surface area contributed by atoms with Crippen LogP contribution in [0.25, 0.3) is 0 Å². The number of rotatable bonds is 4. The van der Waals surface area contributed by atoms with Gasteiger partial charge in [-0.25, -0.2) is 4.98 Å². The lowest BCUT2D eigenvalue weighted by Crippen LogP contribution is -2.02. The van der Waals surface area contributed by atoms with E-state index >= 15 is 0 Å². The average molecular weight is 366 g/mol. The molecule has 0 saturated carbocycles. The number of benzene rings is 1. The molecule has 96 valence electrons. The molecular formula is C13H11IN4O. The second-order valence-corrected chi connectivity index (χ2v) is 4.76. The van der Waals surface area contributed by atoms with Gasteiger partial charge in [-0.15, -0.1) is 0 Å². The van der Waals surface area contributed by atoms with Crippen LogP contribution in [0.3, 0.4) is 0 Å². The van der Waals surface area contributed by atoms with Gasteiger partial charge in [0.25, 0.3) is 0 Å². The molecule has 19 heavy (non-hydrogen) atoms. The van der Waals surface area contributed by atoms with Gasteiger partial charge in [0, 0.05) is 11.9 Å². The van der Waals surface area contributed by atoms with Crippen LogP contribution in [0.15, 0.2) is 30.5 Å². The first kappa shape index (κ1) is 13.5. The molecule has 6 heteroatoms. The molecule has 5 nitrogen and oxygen atoms in total. The van der Waals surface area contributed by atoms with Crippen LogP contribution in [0.2, 0.25) is 0 Å². The van der Waals surface area contributed by atoms with Crippen LogP contribution in [0, 0.1) is 14.9 Å². The highest BCUT2D eigenvalue weighted by molar-refractivity contribution is 14.1. The summed E-state index contributed by atoms with van der Waals surface area (Å²) in [5.74, 6) is 1.03. The second kappa shape index (κ2) is 6.33. The molecule has 1 N–H and O–H groups in total. The van der Waals surface area contributed by atoms with Crippen molar-refractivity contribution in [2.75, 3.05) is 11.9 Å². The lowest BCUT2D eigenvalue weighted by atomic mass is 10.2. The summed E-state index contributed by atoms with van der Waals surface area (Å²) >= 11 is 2.13. The van der Waals surface area contributed by atoms with Crippen molar-refractivity contribution >= 4 is 34.2 Å². The summed E-state index contributed by atoms with van der Waals surface area (Å²) in [6.07, 6.45) is 1.70. The summed E-state index contributed by atoms with van der Waals surface area (Å²) in [4.78, 5) is 8.47. The van der Waals surface area contributed by atoms with E-state index in [1.54, 1.807) is 30.5 Å². The van der Waals surface area contributed by atoms with E-state index in [0.717, 1.165) is 9.26 Å². The fraction of sp³-hybridized carbons (Fsp3) is 0.154. The van der Waals surface area contributed by atoms with Crippen molar-refractivity contribution < 1.29 is 4.74 Å². The van der Waals surface area contributed by atoms with Gasteiger partial charge in [0.1, 0.15) is 0 Å². The third-order valence-electron chi connectivity index (χ3n) is 2.26. The third-order valence-corrected chi connectivity index (χ3v) is 3.00. The molecule has 0 aliphatic carbocycles. The normalized spacial score (nSPS) is 9.74. The topological polar surface area (TPSA) is 70.8 Å². The molecule has 2 rings (SSSR count). The molecule has 1 heterocycles. The van der Waals surface area contributed by atoms with Gasteiger partial charge in [-0.2, -0.15) is 10.2 Å². The molecule has 1 aromatic heterocycles. The van der Waals surface area contributed by atoms with Crippen molar-refractivity contribution in [3.05, 3.63) is 39.6 Å². The second-order valence-electron chi connectivity index (χ2n) is 3.59. The van der Waals surface area contributed by atoms with E-state index in [0.29, 0.717) is 24.0 Å². The SMILES string of the molecule is CCOc1nc(Nc2ccc(C#N)cc2)ncc1I. The Morgan fingerprint density at radius 2 is 2.11 bits per heavy atom. The van der Waals surface area contributed by atoms with Crippen molar-refractivity contribution in [3.8, 4) is 11.9 Å². The highest BCUT2D eigenvalue weighted by Crippen LogP contribution is 2.20. The van der Waals surface area contributed by atoms with Crippen LogP contribution in [0.4, 0.5) is 11.6 Å². The zero-order valence-corrected chi connectivity index (χ0v) is 12.4. The summed E-state index contributed by atoms with van der Waals surface area (Å²) in [6, 6.07) is 9.15. The first-order valence-corrected chi connectivity index (χ1v) is 6.73. The Bertz CT molecular complexity index is 607. The number of hydrogen-bond acceptors (Lipinski definition) is 5. The summed E-state index contributed by atoms with van der Waals surface area (Å²) in [5.41, 5.74) is 1.44. The lowest BCUT2D eigenvalue weighted by molar-refractivity contribution is 0.324. The number of hydrogen-bond donors (Lipinski definition) is 1. The highest BCUT2D eigenvalue weighted by atomic mass is 127. The molecule has 0 radical (unpaired) electrons. The number of halogens is 1. The molecule has 0 spiro atoms. The van der Waals surface area contributed by atoms with E-state index < -0.39 is 0 Å². The average Bonchev–Trinajstić information content (AvgIpc) is 2.44. The molecule has 0 bridgehead atoms. The fourth-order valence-corrected chi connectivity index (χ4v) is 1.82. The van der Waals surface area contributed by atoms with Crippen LogP contribution < -0.4 is 10.1 Å². The zero-order chi connectivity index (χ0) is 13.7. The van der Waals surface area contributed by atoms with E-state index in [2.05, 4.69) is 43.9 Å². The van der Waals surface area contributed by atoms with Crippen LogP contribution in [0.5, 0.6) is 5.88 Å². The predicted octanol–water partition coefficient (Wildman–Crippen LogP) is 3.10. The van der Waals surface area contributed by atoms with Crippen LogP contribution in [-0.2, 0) is 0 Å². The first-order chi connectivity index (χ1) is 9.22. The Morgan fingerprint density at radius 3 is 2.74 bits per heavy atom. The summed E-state index contributed by atoms with van der Waals surface area (Å²) in [5, 5.41) is 11.8. The standard InChI is InChI=1S/C13H11IN4O/c1-2-19-12-11(14)8-16-13(18-12)17-10-5-3-9(7-15)4-6-10/h3-6,8H,2H2,1H3,(H,16,17,18). The molecule has 0 fully saturated rings. The number of nitrogens with one attached hydrogen (secondary N) is 1. The van der Waals surface area contributed by atoms with E-state index in [1.165, 1.54) is 0 Å². The van der Waals surface area contributed by atoms with E-state index in [-0.39, 0.29) is 0 Å².